The van der Waals surface area contributed by atoms with Crippen LogP contribution >= 0.6 is 11.6 Å². The number of amides is 1. The molecule has 0 aromatic heterocycles. The number of carbonyl (C=O) groups excluding carboxylic acids is 1. The Kier molecular flexibility index (Phi) is 12.3. The van der Waals surface area contributed by atoms with E-state index < -0.39 is 45.6 Å². The van der Waals surface area contributed by atoms with Crippen molar-refractivity contribution in [3.63, 3.8) is 0 Å². The van der Waals surface area contributed by atoms with E-state index in [1.165, 1.54) is 41.3 Å². The molecule has 16 heteroatoms. The number of fused-ring (bicyclic) bond motifs is 1. The number of aliphatic carboxylic acids is 1. The first-order valence-corrected chi connectivity index (χ1v) is 18.6. The maximum Gasteiger partial charge on any atom is 0.490 e. The summed E-state index contributed by atoms with van der Waals surface area (Å²) in [5, 5.41) is 9.01. The summed E-state index contributed by atoms with van der Waals surface area (Å²) in [4.78, 5) is 23.6. The van der Waals surface area contributed by atoms with Crippen LogP contribution in [-0.2, 0) is 25.5 Å². The fraction of sp³-hybridized carbons (Fsp3) is 0.351. The zero-order valence-corrected chi connectivity index (χ0v) is 29.7. The quantitative estimate of drug-likeness (QED) is 0.150. The smallest absolute Gasteiger partial charge is 0.490 e. The van der Waals surface area contributed by atoms with Crippen LogP contribution in [0.2, 0.25) is 5.02 Å². The number of nitrogens with zero attached hydrogens (tertiary/aromatic N) is 1. The Morgan fingerprint density at radius 1 is 0.830 bits per heavy atom. The number of sulfonamides is 1. The number of halogens is 6. The number of carboxylic acids is 1. The van der Waals surface area contributed by atoms with Gasteiger partial charge in [-0.1, -0.05) is 60.1 Å². The van der Waals surface area contributed by atoms with Crippen molar-refractivity contribution >= 4 is 44.3 Å². The summed E-state index contributed by atoms with van der Waals surface area (Å²) in [6.07, 6.45) is 0.226. The summed E-state index contributed by atoms with van der Waals surface area (Å²) in [7, 11) is -4.57. The van der Waals surface area contributed by atoms with Gasteiger partial charge < -0.3 is 20.5 Å². The lowest BCUT2D eigenvalue weighted by atomic mass is 9.96. The summed E-state index contributed by atoms with van der Waals surface area (Å²) in [5.74, 6) is -6.95. The number of hydrogen-bond acceptors (Lipinski definition) is 6. The fourth-order valence-corrected chi connectivity index (χ4v) is 7.49. The maximum absolute atomic E-state index is 16.4. The second-order valence-electron chi connectivity index (χ2n) is 12.9. The summed E-state index contributed by atoms with van der Waals surface area (Å²) >= 11 is 5.98. The molecule has 4 N–H and O–H groups in total. The van der Waals surface area contributed by atoms with E-state index in [1.54, 1.807) is 42.5 Å². The van der Waals surface area contributed by atoms with E-state index in [0.29, 0.717) is 34.6 Å². The molecule has 0 bridgehead atoms. The molecule has 1 aliphatic carbocycles. The Labute approximate surface area is 307 Å². The van der Waals surface area contributed by atoms with Crippen LogP contribution in [0.3, 0.4) is 0 Å². The topological polar surface area (TPSA) is 139 Å². The Balaban J connectivity index is 0.000000705. The number of benzene rings is 4. The summed E-state index contributed by atoms with van der Waals surface area (Å²) in [6, 6.07) is 19.6. The molecule has 0 radical (unpaired) electrons. The molecule has 1 atom stereocenters. The molecule has 2 fully saturated rings. The molecule has 1 aliphatic heterocycles. The highest BCUT2D eigenvalue weighted by Gasteiger charge is 2.50. The minimum absolute atomic E-state index is 0.151. The van der Waals surface area contributed by atoms with Crippen molar-refractivity contribution in [2.75, 3.05) is 13.1 Å². The monoisotopic (exact) mass is 781 g/mol. The predicted molar refractivity (Wildman–Crippen MR) is 189 cm³/mol. The van der Waals surface area contributed by atoms with E-state index >= 15 is 8.78 Å². The van der Waals surface area contributed by atoms with Crippen molar-refractivity contribution < 1.29 is 49.8 Å². The fourth-order valence-electron chi connectivity index (χ4n) is 6.14. The molecular formula is C37H37ClF5N3O6S. The predicted octanol–water partition coefficient (Wildman–Crippen LogP) is 7.50. The van der Waals surface area contributed by atoms with E-state index in [1.807, 2.05) is 6.07 Å². The Bertz CT molecular complexity index is 2020. The zero-order valence-electron chi connectivity index (χ0n) is 28.2. The van der Waals surface area contributed by atoms with Gasteiger partial charge in [-0.3, -0.25) is 4.79 Å². The van der Waals surface area contributed by atoms with E-state index in [0.717, 1.165) is 36.6 Å². The number of ether oxygens (including phenoxy) is 1. The standard InChI is InChI=1S/C35H36ClF2N3O4S.C2HF3O2/c36-28-13-7-24(8-14-28)23-5-11-27(12-6-23)35(37,38)33(34(42)41-19-17-29(39)18-20-41)40-46(43,44)32-16-10-25-21-31(15-9-26(25)22-32)45-30-3-1-2-4-30;3-2(4,5)1(6)7/h5-16,21-22,29-30,33,40H,1-4,17-20,39H2;(H,6,7)/t33-;/m0./s1. The number of carbonyl (C=O) groups is 2. The lowest BCUT2D eigenvalue weighted by Gasteiger charge is -2.35. The molecule has 4 aromatic carbocycles. The Hall–Kier alpha value is -4.31. The largest absolute Gasteiger partial charge is 0.490 e. The molecule has 53 heavy (non-hydrogen) atoms. The van der Waals surface area contributed by atoms with Gasteiger partial charge >= 0.3 is 12.1 Å². The molecule has 0 spiro atoms. The van der Waals surface area contributed by atoms with Crippen LogP contribution in [0.25, 0.3) is 21.9 Å². The van der Waals surface area contributed by atoms with E-state index in [4.69, 9.17) is 32.0 Å². The first-order valence-electron chi connectivity index (χ1n) is 16.8. The number of alkyl halides is 5. The lowest BCUT2D eigenvalue weighted by Crippen LogP contribution is -2.57. The van der Waals surface area contributed by atoms with Crippen LogP contribution in [0.4, 0.5) is 22.0 Å². The van der Waals surface area contributed by atoms with Gasteiger partial charge in [0.2, 0.25) is 15.9 Å². The number of rotatable bonds is 9. The van der Waals surface area contributed by atoms with E-state index in [9.17, 15) is 26.4 Å². The summed E-state index contributed by atoms with van der Waals surface area (Å²) in [5.41, 5.74) is 6.92. The van der Waals surface area contributed by atoms with Crippen molar-refractivity contribution in [2.45, 2.75) is 73.7 Å². The summed E-state index contributed by atoms with van der Waals surface area (Å²) in [6.45, 7) is 0.316. The first kappa shape index (κ1) is 39.9. The average Bonchev–Trinajstić information content (AvgIpc) is 3.64. The highest BCUT2D eigenvalue weighted by Crippen LogP contribution is 2.36. The van der Waals surface area contributed by atoms with Crippen LogP contribution in [0.1, 0.15) is 44.1 Å². The molecular weight excluding hydrogens is 745 g/mol. The number of likely N-dealkylation sites (tertiary alicyclic amines) is 1. The Morgan fingerprint density at radius 2 is 1.36 bits per heavy atom. The van der Waals surface area contributed by atoms with Gasteiger partial charge in [-0.2, -0.15) is 26.7 Å². The van der Waals surface area contributed by atoms with Crippen LogP contribution in [0.5, 0.6) is 5.75 Å². The number of carboxylic acid groups (broad SMARTS) is 1. The third kappa shape index (κ3) is 10.0. The second-order valence-corrected chi connectivity index (χ2v) is 15.1. The van der Waals surface area contributed by atoms with Crippen LogP contribution in [0, 0.1) is 0 Å². The number of nitrogens with one attached hydrogen (secondary N) is 1. The SMILES string of the molecule is NC1CCN(C(=O)[C@H](NS(=O)(=O)c2ccc3cc(OC4CCCC4)ccc3c2)C(F)(F)c2ccc(-c3ccc(Cl)cc3)cc2)CC1.O=C(O)C(F)(F)F. The van der Waals surface area contributed by atoms with Gasteiger partial charge in [0.1, 0.15) is 5.75 Å². The number of piperidine rings is 1. The average molecular weight is 782 g/mol. The van der Waals surface area contributed by atoms with Gasteiger partial charge in [0, 0.05) is 29.7 Å². The second kappa shape index (κ2) is 16.4. The van der Waals surface area contributed by atoms with Gasteiger partial charge in [-0.15, -0.1) is 0 Å². The lowest BCUT2D eigenvalue weighted by molar-refractivity contribution is -0.192. The summed E-state index contributed by atoms with van der Waals surface area (Å²) < 4.78 is 100. The maximum atomic E-state index is 16.4. The molecule has 9 nitrogen and oxygen atoms in total. The van der Waals surface area contributed by atoms with Crippen molar-refractivity contribution in [2.24, 2.45) is 5.73 Å². The van der Waals surface area contributed by atoms with Gasteiger partial charge in [0.15, 0.2) is 6.04 Å². The zero-order chi connectivity index (χ0) is 38.6. The number of hydrogen-bond donors (Lipinski definition) is 3. The molecule has 284 valence electrons. The minimum atomic E-state index is -5.08. The van der Waals surface area contributed by atoms with Crippen molar-refractivity contribution in [1.82, 2.24) is 9.62 Å². The third-order valence-electron chi connectivity index (χ3n) is 9.12. The third-order valence-corrected chi connectivity index (χ3v) is 10.8. The number of nitrogens with two attached hydrogens (primary N) is 1. The molecule has 2 aliphatic rings. The van der Waals surface area contributed by atoms with Crippen molar-refractivity contribution in [3.8, 4) is 16.9 Å². The van der Waals surface area contributed by atoms with E-state index in [2.05, 4.69) is 4.72 Å². The molecule has 1 heterocycles. The molecule has 1 saturated carbocycles. The molecule has 1 saturated heterocycles. The van der Waals surface area contributed by atoms with Crippen molar-refractivity contribution in [3.05, 3.63) is 95.5 Å². The van der Waals surface area contributed by atoms with Crippen LogP contribution in [-0.4, -0.2) is 67.8 Å². The van der Waals surface area contributed by atoms with Crippen LogP contribution < -0.4 is 15.2 Å². The van der Waals surface area contributed by atoms with Gasteiger partial charge in [0.25, 0.3) is 5.92 Å². The van der Waals surface area contributed by atoms with Gasteiger partial charge in [0.05, 0.1) is 11.0 Å². The molecule has 6 rings (SSSR count). The van der Waals surface area contributed by atoms with Crippen molar-refractivity contribution in [1.29, 1.82) is 0 Å². The highest BCUT2D eigenvalue weighted by molar-refractivity contribution is 7.89. The van der Waals surface area contributed by atoms with E-state index in [-0.39, 0.29) is 30.1 Å². The molecule has 4 aromatic rings. The Morgan fingerprint density at radius 3 is 1.92 bits per heavy atom. The van der Waals surface area contributed by atoms with Gasteiger partial charge in [-0.25, -0.2) is 13.2 Å². The molecule has 1 amide bonds. The van der Waals surface area contributed by atoms with Crippen LogP contribution in [0.15, 0.2) is 89.8 Å². The van der Waals surface area contributed by atoms with Gasteiger partial charge in [-0.05, 0) is 96.8 Å². The first-order chi connectivity index (χ1) is 24.9. The normalized spacial score (nSPS) is 16.5. The molecule has 0 unspecified atom stereocenters. The highest BCUT2D eigenvalue weighted by atomic mass is 35.5. The minimum Gasteiger partial charge on any atom is -0.490 e.